The van der Waals surface area contributed by atoms with E-state index in [0.29, 0.717) is 0 Å². The van der Waals surface area contributed by atoms with Crippen LogP contribution in [-0.2, 0) is 5.41 Å². The van der Waals surface area contributed by atoms with Gasteiger partial charge >= 0.3 is 0 Å². The fraction of sp³-hybridized carbons (Fsp3) is 0.0612. The molecule has 0 heterocycles. The fourth-order valence-corrected chi connectivity index (χ4v) is 8.73. The number of hydrogen-bond acceptors (Lipinski definition) is 0. The summed E-state index contributed by atoms with van der Waals surface area (Å²) >= 11 is 0. The van der Waals surface area contributed by atoms with Gasteiger partial charge in [0.05, 0.1) is 0 Å². The molecule has 0 aromatic heterocycles. The van der Waals surface area contributed by atoms with Crippen molar-refractivity contribution in [2.75, 3.05) is 0 Å². The first kappa shape index (κ1) is 28.1. The van der Waals surface area contributed by atoms with Crippen molar-refractivity contribution < 1.29 is 0 Å². The van der Waals surface area contributed by atoms with Gasteiger partial charge in [-0.15, -0.1) is 0 Å². The van der Waals surface area contributed by atoms with Gasteiger partial charge in [-0.2, -0.15) is 0 Å². The summed E-state index contributed by atoms with van der Waals surface area (Å²) in [5.74, 6) is 0. The SMILES string of the molecule is CC1(C)c2ccc(-c3ccc4cc(-c5c6ccccc6c(-c6ccccc6)c6ccccc56)ccc4c3)cc2-c2ccc3ccccc3c21. The smallest absolute Gasteiger partial charge is 0.0165 e. The first-order chi connectivity index (χ1) is 24.1. The zero-order chi connectivity index (χ0) is 32.7. The molecule has 0 amide bonds. The Kier molecular flexibility index (Phi) is 6.02. The van der Waals surface area contributed by atoms with Gasteiger partial charge in [-0.1, -0.05) is 166 Å². The van der Waals surface area contributed by atoms with E-state index < -0.39 is 0 Å². The van der Waals surface area contributed by atoms with Crippen LogP contribution in [0.25, 0.3) is 87.6 Å². The van der Waals surface area contributed by atoms with Gasteiger partial charge in [-0.3, -0.25) is 0 Å². The second kappa shape index (κ2) is 10.5. The van der Waals surface area contributed by atoms with Crippen LogP contribution in [0, 0.1) is 0 Å². The Morgan fingerprint density at radius 1 is 0.327 bits per heavy atom. The summed E-state index contributed by atoms with van der Waals surface area (Å²) in [6.45, 7) is 4.75. The van der Waals surface area contributed by atoms with Crippen molar-refractivity contribution >= 4 is 43.1 Å². The fourth-order valence-electron chi connectivity index (χ4n) is 8.73. The molecule has 0 fully saturated rings. The van der Waals surface area contributed by atoms with E-state index in [2.05, 4.69) is 184 Å². The molecule has 49 heavy (non-hydrogen) atoms. The zero-order valence-corrected chi connectivity index (χ0v) is 27.7. The first-order valence-electron chi connectivity index (χ1n) is 17.3. The Balaban J connectivity index is 1.10. The molecule has 0 radical (unpaired) electrons. The Bertz CT molecular complexity index is 2720. The lowest BCUT2D eigenvalue weighted by atomic mass is 9.80. The van der Waals surface area contributed by atoms with Gasteiger partial charge in [0.15, 0.2) is 0 Å². The Labute approximate surface area is 286 Å². The highest BCUT2D eigenvalue weighted by molar-refractivity contribution is 6.21. The standard InChI is InChI=1S/C49H34/c1-49(2)45-27-25-36(30-44(45)43-26-24-31-12-6-7-15-38(31)48(43)49)34-20-21-35-29-37(23-22-33(35)28-34)47-41-18-10-8-16-39(41)46(32-13-4-3-5-14-32)40-17-9-11-19-42(40)47/h3-30H,1-2H3. The molecule has 10 rings (SSSR count). The maximum Gasteiger partial charge on any atom is 0.0165 e. The lowest BCUT2D eigenvalue weighted by Crippen LogP contribution is -2.15. The highest BCUT2D eigenvalue weighted by Gasteiger charge is 2.36. The molecule has 0 saturated carbocycles. The van der Waals surface area contributed by atoms with Gasteiger partial charge in [0.1, 0.15) is 0 Å². The predicted molar refractivity (Wildman–Crippen MR) is 210 cm³/mol. The van der Waals surface area contributed by atoms with Gasteiger partial charge in [0, 0.05) is 5.41 Å². The quantitative estimate of drug-likeness (QED) is 0.172. The molecule has 9 aromatic rings. The minimum Gasteiger partial charge on any atom is -0.0622 e. The molecule has 9 aromatic carbocycles. The van der Waals surface area contributed by atoms with Crippen molar-refractivity contribution in [2.45, 2.75) is 19.3 Å². The topological polar surface area (TPSA) is 0 Å². The van der Waals surface area contributed by atoms with Gasteiger partial charge in [-0.25, -0.2) is 0 Å². The van der Waals surface area contributed by atoms with Crippen LogP contribution in [-0.4, -0.2) is 0 Å². The molecule has 0 bridgehead atoms. The maximum absolute atomic E-state index is 2.42. The molecule has 1 aliphatic rings. The first-order valence-corrected chi connectivity index (χ1v) is 17.3. The minimum atomic E-state index is -0.0442. The molecular formula is C49H34. The molecule has 0 unspecified atom stereocenters. The number of fused-ring (bicyclic) bond motifs is 8. The molecule has 0 heteroatoms. The minimum absolute atomic E-state index is 0.0442. The summed E-state index contributed by atoms with van der Waals surface area (Å²) in [5.41, 5.74) is 13.1. The van der Waals surface area contributed by atoms with Crippen LogP contribution < -0.4 is 0 Å². The Morgan fingerprint density at radius 3 is 1.49 bits per heavy atom. The third-order valence-electron chi connectivity index (χ3n) is 11.0. The maximum atomic E-state index is 2.42. The van der Waals surface area contributed by atoms with E-state index >= 15 is 0 Å². The molecular weight excluding hydrogens is 589 g/mol. The Morgan fingerprint density at radius 2 is 0.816 bits per heavy atom. The van der Waals surface area contributed by atoms with Crippen LogP contribution in [0.1, 0.15) is 25.0 Å². The lowest BCUT2D eigenvalue weighted by Gasteiger charge is -2.23. The van der Waals surface area contributed by atoms with Crippen LogP contribution >= 0.6 is 0 Å². The summed E-state index contributed by atoms with van der Waals surface area (Å²) in [5, 5.41) is 10.3. The summed E-state index contributed by atoms with van der Waals surface area (Å²) in [7, 11) is 0. The van der Waals surface area contributed by atoms with Gasteiger partial charge in [0.25, 0.3) is 0 Å². The second-order valence-corrected chi connectivity index (χ2v) is 14.1. The van der Waals surface area contributed by atoms with Gasteiger partial charge in [-0.05, 0) is 117 Å². The van der Waals surface area contributed by atoms with E-state index in [9.17, 15) is 0 Å². The Hall–Kier alpha value is -5.98. The normalized spacial score (nSPS) is 13.3. The van der Waals surface area contributed by atoms with E-state index in [1.54, 1.807) is 0 Å². The van der Waals surface area contributed by atoms with Gasteiger partial charge in [0.2, 0.25) is 0 Å². The largest absolute Gasteiger partial charge is 0.0622 e. The van der Waals surface area contributed by atoms with Crippen LogP contribution in [0.2, 0.25) is 0 Å². The van der Waals surface area contributed by atoms with Crippen molar-refractivity contribution in [2.24, 2.45) is 0 Å². The van der Waals surface area contributed by atoms with E-state index in [0.717, 1.165) is 0 Å². The van der Waals surface area contributed by atoms with Crippen molar-refractivity contribution in [1.82, 2.24) is 0 Å². The van der Waals surface area contributed by atoms with Crippen LogP contribution in [0.15, 0.2) is 170 Å². The predicted octanol–water partition coefficient (Wildman–Crippen LogP) is 13.6. The van der Waals surface area contributed by atoms with Crippen molar-refractivity contribution in [3.8, 4) is 44.5 Å². The lowest BCUT2D eigenvalue weighted by molar-refractivity contribution is 0.666. The summed E-state index contributed by atoms with van der Waals surface area (Å²) in [6.07, 6.45) is 0. The average molecular weight is 623 g/mol. The van der Waals surface area contributed by atoms with Crippen LogP contribution in [0.3, 0.4) is 0 Å². The molecule has 0 atom stereocenters. The summed E-state index contributed by atoms with van der Waals surface area (Å²) in [4.78, 5) is 0. The third kappa shape index (κ3) is 4.17. The van der Waals surface area contributed by atoms with Gasteiger partial charge < -0.3 is 0 Å². The monoisotopic (exact) mass is 622 g/mol. The number of rotatable bonds is 3. The highest BCUT2D eigenvalue weighted by atomic mass is 14.4. The second-order valence-electron chi connectivity index (χ2n) is 14.1. The van der Waals surface area contributed by atoms with E-state index in [-0.39, 0.29) is 5.41 Å². The number of hydrogen-bond donors (Lipinski definition) is 0. The third-order valence-corrected chi connectivity index (χ3v) is 11.0. The zero-order valence-electron chi connectivity index (χ0n) is 27.7. The van der Waals surface area contributed by atoms with Crippen molar-refractivity contribution in [1.29, 1.82) is 0 Å². The van der Waals surface area contributed by atoms with Crippen molar-refractivity contribution in [3.63, 3.8) is 0 Å². The van der Waals surface area contributed by atoms with E-state index in [1.165, 1.54) is 98.7 Å². The molecule has 0 nitrogen and oxygen atoms in total. The summed E-state index contributed by atoms with van der Waals surface area (Å²) < 4.78 is 0. The van der Waals surface area contributed by atoms with Crippen LogP contribution in [0.5, 0.6) is 0 Å². The molecule has 1 aliphatic carbocycles. The molecule has 0 spiro atoms. The molecule has 230 valence electrons. The van der Waals surface area contributed by atoms with E-state index in [4.69, 9.17) is 0 Å². The van der Waals surface area contributed by atoms with Crippen LogP contribution in [0.4, 0.5) is 0 Å². The molecule has 0 N–H and O–H groups in total. The van der Waals surface area contributed by atoms with Crippen molar-refractivity contribution in [3.05, 3.63) is 181 Å². The number of benzene rings is 9. The average Bonchev–Trinajstić information content (AvgIpc) is 3.39. The molecule has 0 saturated heterocycles. The molecule has 0 aliphatic heterocycles. The van der Waals surface area contributed by atoms with E-state index in [1.807, 2.05) is 0 Å². The summed E-state index contributed by atoms with van der Waals surface area (Å²) in [6, 6.07) is 63.1. The highest BCUT2D eigenvalue weighted by Crippen LogP contribution is 2.52.